The molecule has 0 unspecified atom stereocenters. The van der Waals surface area contributed by atoms with Crippen molar-refractivity contribution in [3.05, 3.63) is 29.8 Å². The van der Waals surface area contributed by atoms with Crippen LogP contribution in [-0.2, 0) is 16.1 Å². The summed E-state index contributed by atoms with van der Waals surface area (Å²) in [5.74, 6) is 1.76. The summed E-state index contributed by atoms with van der Waals surface area (Å²) in [4.78, 5) is 19.4. The van der Waals surface area contributed by atoms with Crippen LogP contribution in [0.15, 0.2) is 29.3 Å². The van der Waals surface area contributed by atoms with Gasteiger partial charge in [-0.2, -0.15) is 0 Å². The number of halogens is 1. The SMILES string of the molecule is CCNC(=NCc1cccc(NC(=O)CCN2CCOCC2)c1)NC1CCC(C)CC1.I. The average Bonchev–Trinajstić information content (AvgIpc) is 2.79. The van der Waals surface area contributed by atoms with Crippen LogP contribution in [0.4, 0.5) is 5.69 Å². The van der Waals surface area contributed by atoms with E-state index in [0.29, 0.717) is 19.0 Å². The van der Waals surface area contributed by atoms with E-state index < -0.39 is 0 Å². The van der Waals surface area contributed by atoms with Crippen LogP contribution in [0.25, 0.3) is 0 Å². The molecule has 0 spiro atoms. The van der Waals surface area contributed by atoms with Crippen LogP contribution in [-0.4, -0.2) is 62.2 Å². The fourth-order valence-corrected chi connectivity index (χ4v) is 4.14. The van der Waals surface area contributed by atoms with E-state index in [1.807, 2.05) is 18.2 Å². The summed E-state index contributed by atoms with van der Waals surface area (Å²) in [5.41, 5.74) is 1.92. The number of carbonyl (C=O) groups excluding carboxylic acids is 1. The van der Waals surface area contributed by atoms with E-state index >= 15 is 0 Å². The molecule has 180 valence electrons. The van der Waals surface area contributed by atoms with Gasteiger partial charge in [-0.1, -0.05) is 19.1 Å². The lowest BCUT2D eigenvalue weighted by molar-refractivity contribution is -0.116. The Hall–Kier alpha value is -1.39. The maximum Gasteiger partial charge on any atom is 0.225 e. The first-order valence-electron chi connectivity index (χ1n) is 11.9. The van der Waals surface area contributed by atoms with Crippen molar-refractivity contribution in [3.8, 4) is 0 Å². The van der Waals surface area contributed by atoms with E-state index in [1.54, 1.807) is 0 Å². The van der Waals surface area contributed by atoms with Gasteiger partial charge in [-0.3, -0.25) is 9.69 Å². The summed E-state index contributed by atoms with van der Waals surface area (Å²) >= 11 is 0. The summed E-state index contributed by atoms with van der Waals surface area (Å²) in [6, 6.07) is 8.49. The van der Waals surface area contributed by atoms with Gasteiger partial charge in [0.1, 0.15) is 0 Å². The van der Waals surface area contributed by atoms with Gasteiger partial charge in [0.2, 0.25) is 5.91 Å². The lowest BCUT2D eigenvalue weighted by Gasteiger charge is -2.28. The van der Waals surface area contributed by atoms with Crippen LogP contribution in [0.1, 0.15) is 51.5 Å². The first-order chi connectivity index (χ1) is 15.1. The standard InChI is InChI=1S/C24H39N5O2.HI/c1-3-25-24(28-21-9-7-19(2)8-10-21)26-18-20-5-4-6-22(17-20)27-23(30)11-12-29-13-15-31-16-14-29;/h4-6,17,19,21H,3,7-16,18H2,1-2H3,(H,27,30)(H2,25,26,28);1H. The molecule has 7 nitrogen and oxygen atoms in total. The smallest absolute Gasteiger partial charge is 0.225 e. The lowest BCUT2D eigenvalue weighted by atomic mass is 9.87. The number of guanidine groups is 1. The number of carbonyl (C=O) groups is 1. The average molecular weight is 558 g/mol. The molecule has 3 N–H and O–H groups in total. The highest BCUT2D eigenvalue weighted by molar-refractivity contribution is 14.0. The van der Waals surface area contributed by atoms with E-state index in [2.05, 4.69) is 40.8 Å². The molecule has 1 saturated heterocycles. The zero-order valence-electron chi connectivity index (χ0n) is 19.6. The Morgan fingerprint density at radius 3 is 2.66 bits per heavy atom. The molecule has 8 heteroatoms. The number of nitrogens with zero attached hydrogens (tertiary/aromatic N) is 2. The van der Waals surface area contributed by atoms with Crippen LogP contribution in [0.3, 0.4) is 0 Å². The van der Waals surface area contributed by atoms with Crippen molar-refractivity contribution < 1.29 is 9.53 Å². The number of hydrogen-bond donors (Lipinski definition) is 3. The maximum absolute atomic E-state index is 12.3. The number of rotatable bonds is 8. The Morgan fingerprint density at radius 2 is 1.94 bits per heavy atom. The van der Waals surface area contributed by atoms with Gasteiger partial charge in [0.05, 0.1) is 19.8 Å². The molecular weight excluding hydrogens is 517 g/mol. The molecular formula is C24H40IN5O2. The second kappa shape index (κ2) is 14.7. The first kappa shape index (κ1) is 26.9. The highest BCUT2D eigenvalue weighted by Crippen LogP contribution is 2.23. The number of ether oxygens (including phenoxy) is 1. The lowest BCUT2D eigenvalue weighted by Crippen LogP contribution is -2.44. The molecule has 0 bridgehead atoms. The molecule has 2 aliphatic rings. The number of nitrogens with one attached hydrogen (secondary N) is 3. The Bertz CT molecular complexity index is 716. The van der Waals surface area contributed by atoms with Crippen LogP contribution < -0.4 is 16.0 Å². The Kier molecular flexibility index (Phi) is 12.3. The van der Waals surface area contributed by atoms with E-state index in [0.717, 1.165) is 62.5 Å². The quantitative estimate of drug-likeness (QED) is 0.259. The molecule has 1 aromatic rings. The van der Waals surface area contributed by atoms with Gasteiger partial charge >= 0.3 is 0 Å². The van der Waals surface area contributed by atoms with Crippen LogP contribution in [0.2, 0.25) is 0 Å². The molecule has 0 atom stereocenters. The maximum atomic E-state index is 12.3. The van der Waals surface area contributed by atoms with Crippen LogP contribution in [0, 0.1) is 5.92 Å². The molecule has 1 aromatic carbocycles. The number of morpholine rings is 1. The molecule has 2 fully saturated rings. The number of hydrogen-bond acceptors (Lipinski definition) is 4. The van der Waals surface area contributed by atoms with Crippen molar-refractivity contribution in [2.75, 3.05) is 44.7 Å². The van der Waals surface area contributed by atoms with Gasteiger partial charge < -0.3 is 20.7 Å². The second-order valence-electron chi connectivity index (χ2n) is 8.75. The predicted octanol–water partition coefficient (Wildman–Crippen LogP) is 3.60. The van der Waals surface area contributed by atoms with Crippen molar-refractivity contribution in [1.82, 2.24) is 15.5 Å². The summed E-state index contributed by atoms with van der Waals surface area (Å²) in [6.07, 6.45) is 5.47. The zero-order valence-corrected chi connectivity index (χ0v) is 21.9. The third-order valence-corrected chi connectivity index (χ3v) is 6.09. The second-order valence-corrected chi connectivity index (χ2v) is 8.75. The molecule has 0 aromatic heterocycles. The minimum atomic E-state index is 0. The molecule has 1 saturated carbocycles. The van der Waals surface area contributed by atoms with Gasteiger partial charge in [-0.25, -0.2) is 4.99 Å². The number of benzene rings is 1. The van der Waals surface area contributed by atoms with Gasteiger partial charge in [0.15, 0.2) is 5.96 Å². The minimum absolute atomic E-state index is 0. The van der Waals surface area contributed by atoms with E-state index in [4.69, 9.17) is 9.73 Å². The normalized spacial score (nSPS) is 22.0. The fourth-order valence-electron chi connectivity index (χ4n) is 4.14. The van der Waals surface area contributed by atoms with Gasteiger partial charge in [0.25, 0.3) is 0 Å². The minimum Gasteiger partial charge on any atom is -0.379 e. The topological polar surface area (TPSA) is 78.0 Å². The summed E-state index contributed by atoms with van der Waals surface area (Å²) in [5, 5.41) is 9.99. The number of aliphatic imine (C=N–C) groups is 1. The molecule has 3 rings (SSSR count). The molecule has 0 radical (unpaired) electrons. The highest BCUT2D eigenvalue weighted by atomic mass is 127. The van der Waals surface area contributed by atoms with E-state index in [1.165, 1.54) is 25.7 Å². The van der Waals surface area contributed by atoms with Gasteiger partial charge in [-0.05, 0) is 56.2 Å². The fraction of sp³-hybridized carbons (Fsp3) is 0.667. The van der Waals surface area contributed by atoms with E-state index in [-0.39, 0.29) is 29.9 Å². The molecule has 1 aliphatic carbocycles. The largest absolute Gasteiger partial charge is 0.379 e. The Morgan fingerprint density at radius 1 is 1.19 bits per heavy atom. The third kappa shape index (κ3) is 9.62. The summed E-state index contributed by atoms with van der Waals surface area (Å²) in [6.45, 7) is 9.95. The highest BCUT2D eigenvalue weighted by Gasteiger charge is 2.19. The molecule has 1 amide bonds. The Labute approximate surface area is 210 Å². The van der Waals surface area contributed by atoms with Gasteiger partial charge in [0, 0.05) is 44.3 Å². The van der Waals surface area contributed by atoms with Crippen LogP contribution >= 0.6 is 24.0 Å². The zero-order chi connectivity index (χ0) is 21.9. The van der Waals surface area contributed by atoms with Gasteiger partial charge in [-0.15, -0.1) is 24.0 Å². The van der Waals surface area contributed by atoms with Crippen molar-refractivity contribution in [1.29, 1.82) is 0 Å². The van der Waals surface area contributed by atoms with E-state index in [9.17, 15) is 4.79 Å². The monoisotopic (exact) mass is 557 g/mol. The molecule has 32 heavy (non-hydrogen) atoms. The molecule has 1 aliphatic heterocycles. The van der Waals surface area contributed by atoms with Crippen molar-refractivity contribution in [2.24, 2.45) is 10.9 Å². The van der Waals surface area contributed by atoms with Crippen molar-refractivity contribution in [2.45, 2.75) is 58.5 Å². The number of amides is 1. The van der Waals surface area contributed by atoms with Crippen LogP contribution in [0.5, 0.6) is 0 Å². The summed E-state index contributed by atoms with van der Waals surface area (Å²) in [7, 11) is 0. The molecule has 1 heterocycles. The van der Waals surface area contributed by atoms with Crippen molar-refractivity contribution in [3.63, 3.8) is 0 Å². The predicted molar refractivity (Wildman–Crippen MR) is 142 cm³/mol. The number of anilines is 1. The third-order valence-electron chi connectivity index (χ3n) is 6.09. The summed E-state index contributed by atoms with van der Waals surface area (Å²) < 4.78 is 5.36. The Balaban J connectivity index is 0.00000363. The van der Waals surface area contributed by atoms with Crippen molar-refractivity contribution >= 4 is 41.5 Å². The first-order valence-corrected chi connectivity index (χ1v) is 11.9.